The maximum absolute atomic E-state index is 12.4. The van der Waals surface area contributed by atoms with E-state index < -0.39 is 10.0 Å². The number of nitrogens with one attached hydrogen (secondary N) is 1. The van der Waals surface area contributed by atoms with E-state index in [2.05, 4.69) is 5.32 Å². The third-order valence-electron chi connectivity index (χ3n) is 4.96. The van der Waals surface area contributed by atoms with Gasteiger partial charge in [-0.2, -0.15) is 0 Å². The van der Waals surface area contributed by atoms with Crippen molar-refractivity contribution in [2.24, 2.45) is 0 Å². The molecule has 0 aliphatic carbocycles. The Hall–Kier alpha value is -2.94. The number of sulfonamides is 1. The van der Waals surface area contributed by atoms with Crippen molar-refractivity contribution in [3.05, 3.63) is 48.0 Å². The molecule has 2 aromatic carbocycles. The highest BCUT2D eigenvalue weighted by atomic mass is 32.2. The zero-order chi connectivity index (χ0) is 22.4. The second-order valence-electron chi connectivity index (χ2n) is 7.30. The molecule has 0 saturated heterocycles. The van der Waals surface area contributed by atoms with Gasteiger partial charge in [-0.15, -0.1) is 0 Å². The maximum atomic E-state index is 12.4. The van der Waals surface area contributed by atoms with Crippen molar-refractivity contribution in [2.75, 3.05) is 37.4 Å². The van der Waals surface area contributed by atoms with Crippen LogP contribution in [0.25, 0.3) is 0 Å². The summed E-state index contributed by atoms with van der Waals surface area (Å²) in [5.41, 5.74) is 1.36. The molecule has 1 amide bonds. The Kier molecular flexibility index (Phi) is 7.27. The monoisotopic (exact) mass is 448 g/mol. The van der Waals surface area contributed by atoms with Crippen LogP contribution in [0.4, 0.5) is 5.69 Å². The third kappa shape index (κ3) is 5.81. The summed E-state index contributed by atoms with van der Waals surface area (Å²) in [4.78, 5) is 12.4. The van der Waals surface area contributed by atoms with E-state index in [0.717, 1.165) is 11.8 Å². The molecule has 0 saturated carbocycles. The number of carbonyl (C=O) groups excluding carboxylic acids is 1. The minimum absolute atomic E-state index is 0.157. The van der Waals surface area contributed by atoms with Crippen LogP contribution in [0.2, 0.25) is 0 Å². The highest BCUT2D eigenvalue weighted by Crippen LogP contribution is 2.33. The molecule has 0 bridgehead atoms. The van der Waals surface area contributed by atoms with Crippen molar-refractivity contribution in [1.82, 2.24) is 5.32 Å². The summed E-state index contributed by atoms with van der Waals surface area (Å²) in [7, 11) is -2.04. The van der Waals surface area contributed by atoms with Crippen LogP contribution in [-0.4, -0.2) is 47.4 Å². The Morgan fingerprint density at radius 2 is 1.87 bits per heavy atom. The molecule has 0 radical (unpaired) electrons. The minimum Gasteiger partial charge on any atom is -0.495 e. The third-order valence-corrected chi connectivity index (χ3v) is 6.14. The van der Waals surface area contributed by atoms with Crippen LogP contribution in [0.15, 0.2) is 42.5 Å². The van der Waals surface area contributed by atoms with E-state index in [1.54, 1.807) is 24.3 Å². The lowest BCUT2D eigenvalue weighted by atomic mass is 10.1. The first kappa shape index (κ1) is 22.7. The highest BCUT2D eigenvalue weighted by Gasteiger charge is 2.21. The molecule has 2 aromatic rings. The van der Waals surface area contributed by atoms with Gasteiger partial charge in [-0.3, -0.25) is 9.10 Å². The average molecular weight is 449 g/mol. The summed E-state index contributed by atoms with van der Waals surface area (Å²) >= 11 is 0. The summed E-state index contributed by atoms with van der Waals surface area (Å²) in [6.07, 6.45) is 1.70. The van der Waals surface area contributed by atoms with Crippen LogP contribution >= 0.6 is 0 Å². The van der Waals surface area contributed by atoms with Crippen molar-refractivity contribution >= 4 is 21.6 Å². The van der Waals surface area contributed by atoms with Gasteiger partial charge in [0.05, 0.1) is 25.1 Å². The minimum atomic E-state index is -3.53. The topological polar surface area (TPSA) is 94.2 Å². The quantitative estimate of drug-likeness (QED) is 0.634. The number of fused-ring (bicyclic) bond motifs is 1. The van der Waals surface area contributed by atoms with Gasteiger partial charge in [0.1, 0.15) is 19.0 Å². The molecule has 168 valence electrons. The standard InChI is InChI=1S/C22H28N2O6S/c1-16(17-10-11-20-21(15-17)30-14-13-29-20)23-22(25)9-6-12-24(31(3,26)27)18-7-4-5-8-19(18)28-2/h4-5,7-8,10-11,15-16H,6,9,12-14H2,1-3H3,(H,23,25). The molecule has 1 aliphatic rings. The van der Waals surface area contributed by atoms with Crippen LogP contribution in [-0.2, 0) is 14.8 Å². The molecule has 8 nitrogen and oxygen atoms in total. The normalized spacial score (nSPS) is 13.9. The molecule has 1 atom stereocenters. The summed E-state index contributed by atoms with van der Waals surface area (Å²) in [5.74, 6) is 1.68. The van der Waals surface area contributed by atoms with Gasteiger partial charge in [0.25, 0.3) is 0 Å². The van der Waals surface area contributed by atoms with Gasteiger partial charge < -0.3 is 19.5 Å². The molecule has 0 fully saturated rings. The number of carbonyl (C=O) groups is 1. The fourth-order valence-corrected chi connectivity index (χ4v) is 4.38. The van der Waals surface area contributed by atoms with Crippen molar-refractivity contribution in [3.8, 4) is 17.2 Å². The first-order valence-electron chi connectivity index (χ1n) is 10.1. The first-order chi connectivity index (χ1) is 14.8. The van der Waals surface area contributed by atoms with E-state index in [4.69, 9.17) is 14.2 Å². The lowest BCUT2D eigenvalue weighted by Gasteiger charge is -2.24. The van der Waals surface area contributed by atoms with Gasteiger partial charge in [-0.05, 0) is 43.2 Å². The SMILES string of the molecule is COc1ccccc1N(CCCC(=O)NC(C)c1ccc2c(c1)OCCO2)S(C)(=O)=O. The molecule has 0 aromatic heterocycles. The number of para-hydroxylation sites is 2. The van der Waals surface area contributed by atoms with Gasteiger partial charge in [-0.25, -0.2) is 8.42 Å². The Bertz CT molecular complexity index is 1020. The van der Waals surface area contributed by atoms with Crippen LogP contribution in [0, 0.1) is 0 Å². The number of benzene rings is 2. The molecule has 9 heteroatoms. The zero-order valence-electron chi connectivity index (χ0n) is 18.0. The number of anilines is 1. The van der Waals surface area contributed by atoms with Crippen LogP contribution in [0.5, 0.6) is 17.2 Å². The molecule has 1 N–H and O–H groups in total. The molecule has 3 rings (SSSR count). The Labute approximate surface area is 183 Å². The Balaban J connectivity index is 1.58. The van der Waals surface area contributed by atoms with Gasteiger partial charge in [-0.1, -0.05) is 18.2 Å². The largest absolute Gasteiger partial charge is 0.495 e. The van der Waals surface area contributed by atoms with E-state index >= 15 is 0 Å². The fraction of sp³-hybridized carbons (Fsp3) is 0.409. The van der Waals surface area contributed by atoms with E-state index in [0.29, 0.717) is 42.6 Å². The summed E-state index contributed by atoms with van der Waals surface area (Å²) in [6.45, 7) is 3.09. The summed E-state index contributed by atoms with van der Waals surface area (Å²) in [5, 5.41) is 2.95. The smallest absolute Gasteiger partial charge is 0.232 e. The number of amides is 1. The van der Waals surface area contributed by atoms with E-state index in [9.17, 15) is 13.2 Å². The lowest BCUT2D eigenvalue weighted by Crippen LogP contribution is -2.33. The van der Waals surface area contributed by atoms with Crippen LogP contribution in [0.3, 0.4) is 0 Å². The number of hydrogen-bond donors (Lipinski definition) is 1. The molecule has 1 unspecified atom stereocenters. The predicted octanol–water partition coefficient (Wildman–Crippen LogP) is 2.89. The summed E-state index contributed by atoms with van der Waals surface area (Å²) in [6, 6.07) is 12.3. The average Bonchev–Trinajstić information content (AvgIpc) is 2.75. The fourth-order valence-electron chi connectivity index (χ4n) is 3.41. The number of nitrogens with zero attached hydrogens (tertiary/aromatic N) is 1. The van der Waals surface area contributed by atoms with E-state index in [-0.39, 0.29) is 24.9 Å². The molecule has 0 spiro atoms. The Morgan fingerprint density at radius 1 is 1.16 bits per heavy atom. The van der Waals surface area contributed by atoms with Crippen molar-refractivity contribution in [2.45, 2.75) is 25.8 Å². The van der Waals surface area contributed by atoms with E-state index in [1.807, 2.05) is 25.1 Å². The molecule has 1 heterocycles. The van der Waals surface area contributed by atoms with Gasteiger partial charge >= 0.3 is 0 Å². The number of methoxy groups -OCH3 is 1. The molecule has 31 heavy (non-hydrogen) atoms. The molecular weight excluding hydrogens is 420 g/mol. The first-order valence-corrected chi connectivity index (χ1v) is 11.9. The van der Waals surface area contributed by atoms with Crippen molar-refractivity contribution in [1.29, 1.82) is 0 Å². The maximum Gasteiger partial charge on any atom is 0.232 e. The highest BCUT2D eigenvalue weighted by molar-refractivity contribution is 7.92. The zero-order valence-corrected chi connectivity index (χ0v) is 18.8. The van der Waals surface area contributed by atoms with Crippen LogP contribution < -0.4 is 23.8 Å². The molecular formula is C22H28N2O6S. The van der Waals surface area contributed by atoms with Gasteiger partial charge in [0, 0.05) is 13.0 Å². The van der Waals surface area contributed by atoms with Crippen molar-refractivity contribution < 1.29 is 27.4 Å². The Morgan fingerprint density at radius 3 is 2.58 bits per heavy atom. The number of rotatable bonds is 9. The second-order valence-corrected chi connectivity index (χ2v) is 9.21. The second kappa shape index (κ2) is 9.91. The van der Waals surface area contributed by atoms with Crippen molar-refractivity contribution in [3.63, 3.8) is 0 Å². The van der Waals surface area contributed by atoms with E-state index in [1.165, 1.54) is 11.4 Å². The number of ether oxygens (including phenoxy) is 3. The predicted molar refractivity (Wildman–Crippen MR) is 118 cm³/mol. The van der Waals surface area contributed by atoms with Gasteiger partial charge in [0.15, 0.2) is 11.5 Å². The lowest BCUT2D eigenvalue weighted by molar-refractivity contribution is -0.121. The summed E-state index contributed by atoms with van der Waals surface area (Å²) < 4.78 is 42.3. The molecule has 1 aliphatic heterocycles. The van der Waals surface area contributed by atoms with Gasteiger partial charge in [0.2, 0.25) is 15.9 Å². The van der Waals surface area contributed by atoms with Crippen LogP contribution in [0.1, 0.15) is 31.4 Å². The number of hydrogen-bond acceptors (Lipinski definition) is 6.